The zero-order valence-corrected chi connectivity index (χ0v) is 8.80. The summed E-state index contributed by atoms with van der Waals surface area (Å²) in [5.74, 6) is -0.386. The van der Waals surface area contributed by atoms with E-state index in [2.05, 4.69) is 10.0 Å². The van der Waals surface area contributed by atoms with Gasteiger partial charge in [-0.3, -0.25) is 0 Å². The molecule has 0 saturated carbocycles. The Morgan fingerprint density at radius 1 is 1.62 bits per heavy atom. The number of halogens is 1. The van der Waals surface area contributed by atoms with Crippen LogP contribution in [0.2, 0.25) is 0 Å². The van der Waals surface area contributed by atoms with Gasteiger partial charge in [0.05, 0.1) is 13.2 Å². The number of azide groups is 1. The van der Waals surface area contributed by atoms with Crippen LogP contribution in [0, 0.1) is 5.82 Å². The lowest BCUT2D eigenvalue weighted by Crippen LogP contribution is -1.99. The quantitative estimate of drug-likeness (QED) is 0.474. The largest absolute Gasteiger partial charge is 0.494 e. The first-order valence-electron chi connectivity index (χ1n) is 4.71. The van der Waals surface area contributed by atoms with Crippen molar-refractivity contribution >= 4 is 0 Å². The van der Waals surface area contributed by atoms with Gasteiger partial charge in [0, 0.05) is 11.5 Å². The Labute approximate surface area is 92.1 Å². The molecule has 1 unspecified atom stereocenters. The molecule has 1 N–H and O–H groups in total. The van der Waals surface area contributed by atoms with Gasteiger partial charge in [-0.2, -0.15) is 0 Å². The minimum Gasteiger partial charge on any atom is -0.494 e. The molecule has 0 spiro atoms. The molecule has 0 fully saturated rings. The van der Waals surface area contributed by atoms with E-state index in [-0.39, 0.29) is 18.8 Å². The van der Waals surface area contributed by atoms with Gasteiger partial charge >= 0.3 is 0 Å². The number of benzene rings is 1. The van der Waals surface area contributed by atoms with Crippen molar-refractivity contribution in [2.24, 2.45) is 5.11 Å². The Hall–Kier alpha value is -1.78. The lowest BCUT2D eigenvalue weighted by atomic mass is 10.0. The third kappa shape index (κ3) is 2.85. The summed E-state index contributed by atoms with van der Waals surface area (Å²) in [6, 6.07) is 3.75. The van der Waals surface area contributed by atoms with Crippen LogP contribution in [0.4, 0.5) is 4.39 Å². The number of nitrogens with zero attached hydrogens (tertiary/aromatic N) is 3. The molecule has 0 amide bonds. The molecule has 0 bridgehead atoms. The summed E-state index contributed by atoms with van der Waals surface area (Å²) in [6.07, 6.45) is 0.260. The SMILES string of the molecule is COc1ccc(C(CCO)N=[N+]=[N-])cc1F. The van der Waals surface area contributed by atoms with Crippen LogP contribution >= 0.6 is 0 Å². The highest BCUT2D eigenvalue weighted by Crippen LogP contribution is 2.26. The maximum absolute atomic E-state index is 13.4. The molecule has 1 rings (SSSR count). The van der Waals surface area contributed by atoms with Gasteiger partial charge in [-0.25, -0.2) is 4.39 Å². The molecule has 86 valence electrons. The molecular weight excluding hydrogens is 213 g/mol. The third-order valence-electron chi connectivity index (χ3n) is 2.15. The van der Waals surface area contributed by atoms with Crippen molar-refractivity contribution in [2.45, 2.75) is 12.5 Å². The molecule has 0 aliphatic rings. The van der Waals surface area contributed by atoms with Gasteiger partial charge in [0.2, 0.25) is 0 Å². The first-order chi connectivity index (χ1) is 7.72. The van der Waals surface area contributed by atoms with Gasteiger partial charge in [0.25, 0.3) is 0 Å². The van der Waals surface area contributed by atoms with Crippen molar-refractivity contribution in [1.29, 1.82) is 0 Å². The summed E-state index contributed by atoms with van der Waals surface area (Å²) in [7, 11) is 1.37. The van der Waals surface area contributed by atoms with Crippen LogP contribution in [0.1, 0.15) is 18.0 Å². The van der Waals surface area contributed by atoms with E-state index in [1.807, 2.05) is 0 Å². The molecule has 0 aromatic heterocycles. The van der Waals surface area contributed by atoms with Crippen molar-refractivity contribution in [2.75, 3.05) is 13.7 Å². The summed E-state index contributed by atoms with van der Waals surface area (Å²) in [5, 5.41) is 12.3. The lowest BCUT2D eigenvalue weighted by molar-refractivity contribution is 0.276. The molecule has 0 heterocycles. The minimum absolute atomic E-state index is 0.128. The average molecular weight is 225 g/mol. The molecule has 1 aromatic rings. The summed E-state index contributed by atoms with van der Waals surface area (Å²) < 4.78 is 18.1. The van der Waals surface area contributed by atoms with Gasteiger partial charge in [0.15, 0.2) is 11.6 Å². The lowest BCUT2D eigenvalue weighted by Gasteiger charge is -2.11. The number of methoxy groups -OCH3 is 1. The van der Waals surface area contributed by atoms with Gasteiger partial charge in [0.1, 0.15) is 0 Å². The Kier molecular flexibility index (Phi) is 4.57. The molecule has 0 aliphatic carbocycles. The average Bonchev–Trinajstić information content (AvgIpc) is 2.28. The molecule has 0 aliphatic heterocycles. The summed E-state index contributed by atoms with van der Waals surface area (Å²) in [5.41, 5.74) is 8.87. The normalized spacial score (nSPS) is 11.7. The molecule has 5 nitrogen and oxygen atoms in total. The summed E-state index contributed by atoms with van der Waals surface area (Å²) >= 11 is 0. The highest BCUT2D eigenvalue weighted by molar-refractivity contribution is 5.31. The minimum atomic E-state index is -0.560. The van der Waals surface area contributed by atoms with Crippen LogP contribution in [-0.4, -0.2) is 18.8 Å². The first-order valence-corrected chi connectivity index (χ1v) is 4.71. The van der Waals surface area contributed by atoms with Crippen molar-refractivity contribution in [3.63, 3.8) is 0 Å². The van der Waals surface area contributed by atoms with Crippen molar-refractivity contribution in [3.05, 3.63) is 40.0 Å². The van der Waals surface area contributed by atoms with Crippen LogP contribution in [0.25, 0.3) is 10.4 Å². The van der Waals surface area contributed by atoms with Crippen LogP contribution in [0.3, 0.4) is 0 Å². The van der Waals surface area contributed by atoms with Gasteiger partial charge in [-0.05, 0) is 29.6 Å². The molecule has 6 heteroatoms. The van der Waals surface area contributed by atoms with Crippen molar-refractivity contribution in [3.8, 4) is 5.75 Å². The molecule has 1 atom stereocenters. The van der Waals surface area contributed by atoms with E-state index >= 15 is 0 Å². The van der Waals surface area contributed by atoms with E-state index in [9.17, 15) is 4.39 Å². The highest BCUT2D eigenvalue weighted by Gasteiger charge is 2.11. The van der Waals surface area contributed by atoms with Crippen LogP contribution < -0.4 is 4.74 Å². The van der Waals surface area contributed by atoms with E-state index in [1.165, 1.54) is 19.2 Å². The number of aliphatic hydroxyl groups excluding tert-OH is 1. The van der Waals surface area contributed by atoms with Gasteiger partial charge < -0.3 is 9.84 Å². The summed E-state index contributed by atoms with van der Waals surface area (Å²) in [6.45, 7) is -0.128. The molecule has 16 heavy (non-hydrogen) atoms. The van der Waals surface area contributed by atoms with E-state index in [1.54, 1.807) is 6.07 Å². The van der Waals surface area contributed by atoms with Gasteiger partial charge in [-0.15, -0.1) is 0 Å². The zero-order chi connectivity index (χ0) is 12.0. The second kappa shape index (κ2) is 5.95. The van der Waals surface area contributed by atoms with Crippen LogP contribution in [0.15, 0.2) is 23.3 Å². The monoisotopic (exact) mass is 225 g/mol. The van der Waals surface area contributed by atoms with Crippen molar-refractivity contribution in [1.82, 2.24) is 0 Å². The first kappa shape index (κ1) is 12.3. The Morgan fingerprint density at radius 3 is 2.88 bits per heavy atom. The fourth-order valence-corrected chi connectivity index (χ4v) is 1.37. The molecular formula is C10H12FN3O2. The van der Waals surface area contributed by atoms with E-state index < -0.39 is 11.9 Å². The highest BCUT2D eigenvalue weighted by atomic mass is 19.1. The second-order valence-electron chi connectivity index (χ2n) is 3.13. The maximum Gasteiger partial charge on any atom is 0.165 e. The number of hydrogen-bond acceptors (Lipinski definition) is 3. The summed E-state index contributed by atoms with van der Waals surface area (Å²) in [4.78, 5) is 2.66. The van der Waals surface area contributed by atoms with Crippen LogP contribution in [0.5, 0.6) is 5.75 Å². The van der Waals surface area contributed by atoms with E-state index in [4.69, 9.17) is 15.4 Å². The van der Waals surface area contributed by atoms with Crippen LogP contribution in [-0.2, 0) is 0 Å². The third-order valence-corrected chi connectivity index (χ3v) is 2.15. The van der Waals surface area contributed by atoms with E-state index in [0.29, 0.717) is 5.56 Å². The number of aliphatic hydroxyl groups is 1. The predicted octanol–water partition coefficient (Wildman–Crippen LogP) is 2.57. The standard InChI is InChI=1S/C10H12FN3O2/c1-16-10-3-2-7(6-8(10)11)9(4-5-15)13-14-12/h2-3,6,9,15H,4-5H2,1H3. The Balaban J connectivity index is 3.01. The number of rotatable bonds is 5. The van der Waals surface area contributed by atoms with E-state index in [0.717, 1.165) is 0 Å². The maximum atomic E-state index is 13.4. The topological polar surface area (TPSA) is 78.2 Å². The molecule has 0 radical (unpaired) electrons. The second-order valence-corrected chi connectivity index (χ2v) is 3.13. The zero-order valence-electron chi connectivity index (χ0n) is 8.80. The number of ether oxygens (including phenoxy) is 1. The fraction of sp³-hybridized carbons (Fsp3) is 0.400. The smallest absolute Gasteiger partial charge is 0.165 e. The number of hydrogen-bond donors (Lipinski definition) is 1. The predicted molar refractivity (Wildman–Crippen MR) is 56.5 cm³/mol. The Bertz CT molecular complexity index is 405. The van der Waals surface area contributed by atoms with Gasteiger partial charge in [-0.1, -0.05) is 11.2 Å². The Morgan fingerprint density at radius 2 is 2.38 bits per heavy atom. The molecule has 0 saturated heterocycles. The van der Waals surface area contributed by atoms with Crippen molar-refractivity contribution < 1.29 is 14.2 Å². The fourth-order valence-electron chi connectivity index (χ4n) is 1.37. The molecule has 1 aromatic carbocycles.